The molecule has 10 heteroatoms. The molecule has 1 saturated heterocycles. The highest BCUT2D eigenvalue weighted by Crippen LogP contribution is 2.26. The first-order chi connectivity index (χ1) is 16.9. The number of rotatable bonds is 8. The predicted molar refractivity (Wildman–Crippen MR) is 121 cm³/mol. The maximum absolute atomic E-state index is 13.0. The van der Waals surface area contributed by atoms with Crippen molar-refractivity contribution in [1.82, 2.24) is 15.5 Å². The van der Waals surface area contributed by atoms with Crippen LogP contribution in [0.5, 0.6) is 17.2 Å². The number of hydrogen-bond acceptors (Lipinski definition) is 6. The Labute approximate surface area is 199 Å². The van der Waals surface area contributed by atoms with Gasteiger partial charge < -0.3 is 14.8 Å². The average Bonchev–Trinajstić information content (AvgIpc) is 3.10. The summed E-state index contributed by atoms with van der Waals surface area (Å²) in [5, 5.41) is 4.72. The van der Waals surface area contributed by atoms with Gasteiger partial charge in [-0.3, -0.25) is 24.6 Å². The molecule has 0 radical (unpaired) electrons. The minimum atomic E-state index is -1.00. The van der Waals surface area contributed by atoms with Crippen molar-refractivity contribution in [2.75, 3.05) is 7.11 Å². The van der Waals surface area contributed by atoms with E-state index in [1.54, 1.807) is 42.5 Å². The van der Waals surface area contributed by atoms with Crippen molar-refractivity contribution in [2.45, 2.75) is 13.1 Å². The summed E-state index contributed by atoms with van der Waals surface area (Å²) in [6.07, 6.45) is 0. The molecule has 3 aromatic rings. The minimum absolute atomic E-state index is 0.188. The van der Waals surface area contributed by atoms with Crippen molar-refractivity contribution in [1.29, 1.82) is 0 Å². The van der Waals surface area contributed by atoms with Crippen molar-refractivity contribution in [3.05, 3.63) is 89.2 Å². The Bertz CT molecular complexity index is 1290. The van der Waals surface area contributed by atoms with Gasteiger partial charge in [0, 0.05) is 12.1 Å². The highest BCUT2D eigenvalue weighted by Gasteiger charge is 2.37. The molecule has 1 heterocycles. The first-order valence-corrected chi connectivity index (χ1v) is 10.5. The first-order valence-electron chi connectivity index (χ1n) is 10.5. The molecule has 0 saturated carbocycles. The molecule has 0 atom stereocenters. The quantitative estimate of drug-likeness (QED) is 0.381. The van der Waals surface area contributed by atoms with Crippen LogP contribution in [0.2, 0.25) is 0 Å². The van der Waals surface area contributed by atoms with Crippen LogP contribution in [0.1, 0.15) is 21.5 Å². The lowest BCUT2D eigenvalue weighted by Crippen LogP contribution is -2.31. The molecule has 0 bridgehead atoms. The molecule has 178 valence electrons. The Hall–Kier alpha value is -4.73. The van der Waals surface area contributed by atoms with Gasteiger partial charge in [-0.15, -0.1) is 0 Å². The van der Waals surface area contributed by atoms with Crippen LogP contribution in [0, 0.1) is 5.82 Å². The van der Waals surface area contributed by atoms with E-state index < -0.39 is 23.8 Å². The number of nitrogens with one attached hydrogen (secondary N) is 2. The van der Waals surface area contributed by atoms with Gasteiger partial charge in [0.05, 0.1) is 19.2 Å². The smallest absolute Gasteiger partial charge is 0.331 e. The second-order valence-corrected chi connectivity index (χ2v) is 7.53. The lowest BCUT2D eigenvalue weighted by Gasteiger charge is -2.17. The van der Waals surface area contributed by atoms with Crippen LogP contribution in [0.4, 0.5) is 9.18 Å². The van der Waals surface area contributed by atoms with Crippen molar-refractivity contribution in [3.63, 3.8) is 0 Å². The molecule has 1 aliphatic rings. The van der Waals surface area contributed by atoms with E-state index in [1.807, 2.05) is 5.32 Å². The van der Waals surface area contributed by atoms with E-state index in [9.17, 15) is 23.6 Å². The fourth-order valence-corrected chi connectivity index (χ4v) is 3.47. The molecule has 1 aliphatic heterocycles. The molecular weight excluding hydrogens is 457 g/mol. The second kappa shape index (κ2) is 10.0. The van der Waals surface area contributed by atoms with Crippen molar-refractivity contribution in [3.8, 4) is 17.2 Å². The number of ether oxygens (including phenoxy) is 2. The third kappa shape index (κ3) is 5.27. The van der Waals surface area contributed by atoms with Gasteiger partial charge in [0.25, 0.3) is 5.91 Å². The van der Waals surface area contributed by atoms with E-state index in [4.69, 9.17) is 9.47 Å². The lowest BCUT2D eigenvalue weighted by molar-refractivity contribution is -0.140. The SMILES string of the molecule is COc1c(CN2C(=O)NC(=O)C2=O)cccc1C(=O)NCc1ccc(Oc2ccc(F)cc2)cc1. The van der Waals surface area contributed by atoms with Gasteiger partial charge >= 0.3 is 17.8 Å². The van der Waals surface area contributed by atoms with Crippen LogP contribution in [0.3, 0.4) is 0 Å². The summed E-state index contributed by atoms with van der Waals surface area (Å²) in [4.78, 5) is 48.7. The third-order valence-electron chi connectivity index (χ3n) is 5.20. The maximum atomic E-state index is 13.0. The summed E-state index contributed by atoms with van der Waals surface area (Å²) >= 11 is 0. The van der Waals surface area contributed by atoms with Crippen LogP contribution in [0.15, 0.2) is 66.7 Å². The number of methoxy groups -OCH3 is 1. The Kier molecular flexibility index (Phi) is 6.72. The molecule has 0 aliphatic carbocycles. The number of urea groups is 1. The molecule has 3 aromatic carbocycles. The van der Waals surface area contributed by atoms with Crippen molar-refractivity contribution < 1.29 is 33.0 Å². The summed E-state index contributed by atoms with van der Waals surface area (Å²) in [6, 6.07) is 16.6. The van der Waals surface area contributed by atoms with E-state index in [2.05, 4.69) is 5.32 Å². The van der Waals surface area contributed by atoms with Gasteiger partial charge in [0.1, 0.15) is 23.1 Å². The van der Waals surface area contributed by atoms with Crippen LogP contribution in [-0.4, -0.2) is 35.8 Å². The Balaban J connectivity index is 1.41. The molecule has 1 fully saturated rings. The topological polar surface area (TPSA) is 114 Å². The number of halogens is 1. The second-order valence-electron chi connectivity index (χ2n) is 7.53. The van der Waals surface area contributed by atoms with Crippen molar-refractivity contribution in [2.24, 2.45) is 0 Å². The number of carbonyl (C=O) groups is 4. The van der Waals surface area contributed by atoms with E-state index in [0.717, 1.165) is 10.5 Å². The number of para-hydroxylation sites is 1. The standard InChI is InChI=1S/C25H20FN3O6/c1-34-21-16(14-29-24(32)23(31)28-25(29)33)3-2-4-20(21)22(30)27-13-15-5-9-18(10-6-15)35-19-11-7-17(26)8-12-19/h2-12H,13-14H2,1H3,(H,27,30)(H,28,31,33). The minimum Gasteiger partial charge on any atom is -0.496 e. The molecule has 0 unspecified atom stereocenters. The van der Waals surface area contributed by atoms with Crippen LogP contribution in [0.25, 0.3) is 0 Å². The Morgan fingerprint density at radius 1 is 0.971 bits per heavy atom. The number of nitrogens with zero attached hydrogens (tertiary/aromatic N) is 1. The molecule has 5 amide bonds. The summed E-state index contributed by atoms with van der Waals surface area (Å²) in [7, 11) is 1.37. The average molecular weight is 477 g/mol. The zero-order valence-corrected chi connectivity index (χ0v) is 18.5. The summed E-state index contributed by atoms with van der Waals surface area (Å²) in [5.41, 5.74) is 1.40. The summed E-state index contributed by atoms with van der Waals surface area (Å²) in [5.74, 6) is -1.51. The van der Waals surface area contributed by atoms with Crippen LogP contribution >= 0.6 is 0 Å². The van der Waals surface area contributed by atoms with Gasteiger partial charge in [0.2, 0.25) is 0 Å². The summed E-state index contributed by atoms with van der Waals surface area (Å²) in [6.45, 7) is -0.0131. The fraction of sp³-hybridized carbons (Fsp3) is 0.120. The normalized spacial score (nSPS) is 13.0. The van der Waals surface area contributed by atoms with Gasteiger partial charge in [0.15, 0.2) is 0 Å². The molecule has 2 N–H and O–H groups in total. The Morgan fingerprint density at radius 2 is 1.63 bits per heavy atom. The zero-order chi connectivity index (χ0) is 24.9. The number of benzene rings is 3. The molecule has 0 spiro atoms. The summed E-state index contributed by atoms with van der Waals surface area (Å²) < 4.78 is 24.1. The first kappa shape index (κ1) is 23.4. The largest absolute Gasteiger partial charge is 0.496 e. The zero-order valence-electron chi connectivity index (χ0n) is 18.5. The molecule has 4 rings (SSSR count). The molecular formula is C25H20FN3O6. The highest BCUT2D eigenvalue weighted by molar-refractivity contribution is 6.44. The van der Waals surface area contributed by atoms with Gasteiger partial charge in [-0.2, -0.15) is 0 Å². The van der Waals surface area contributed by atoms with E-state index >= 15 is 0 Å². The van der Waals surface area contributed by atoms with Gasteiger partial charge in [-0.1, -0.05) is 24.3 Å². The number of imide groups is 2. The van der Waals surface area contributed by atoms with Crippen LogP contribution < -0.4 is 20.1 Å². The van der Waals surface area contributed by atoms with Crippen LogP contribution in [-0.2, 0) is 22.7 Å². The Morgan fingerprint density at radius 3 is 2.23 bits per heavy atom. The van der Waals surface area contributed by atoms with Crippen molar-refractivity contribution >= 4 is 23.8 Å². The van der Waals surface area contributed by atoms with E-state index in [-0.39, 0.29) is 30.2 Å². The number of hydrogen-bond donors (Lipinski definition) is 2. The molecule has 0 aromatic heterocycles. The number of amides is 5. The third-order valence-corrected chi connectivity index (χ3v) is 5.20. The molecule has 9 nitrogen and oxygen atoms in total. The molecule has 35 heavy (non-hydrogen) atoms. The van der Waals surface area contributed by atoms with E-state index in [1.165, 1.54) is 31.4 Å². The monoisotopic (exact) mass is 477 g/mol. The fourth-order valence-electron chi connectivity index (χ4n) is 3.47. The van der Waals surface area contributed by atoms with E-state index in [0.29, 0.717) is 17.1 Å². The maximum Gasteiger partial charge on any atom is 0.331 e. The van der Waals surface area contributed by atoms with Gasteiger partial charge in [-0.05, 0) is 48.0 Å². The number of carbonyl (C=O) groups excluding carboxylic acids is 4. The highest BCUT2D eigenvalue weighted by atomic mass is 19.1. The predicted octanol–water partition coefficient (Wildman–Crippen LogP) is 3.14. The lowest BCUT2D eigenvalue weighted by atomic mass is 10.1. The van der Waals surface area contributed by atoms with Gasteiger partial charge in [-0.25, -0.2) is 9.18 Å².